The van der Waals surface area contributed by atoms with Gasteiger partial charge < -0.3 is 15.0 Å². The standard InChI is InChI=1S/C16H18N2O2S/c1-20-15-4-2-3-13-10-18(7-5-14(13)15)16(19)17-9-12-6-8-21-11-12/h2-4,6,8,11H,5,7,9-10H2,1H3,(H,17,19). The fourth-order valence-corrected chi connectivity index (χ4v) is 3.29. The number of hydrogen-bond acceptors (Lipinski definition) is 3. The minimum atomic E-state index is -0.00494. The van der Waals surface area contributed by atoms with Crippen molar-refractivity contribution in [2.75, 3.05) is 13.7 Å². The van der Waals surface area contributed by atoms with Crippen molar-refractivity contribution in [2.24, 2.45) is 0 Å². The van der Waals surface area contributed by atoms with Crippen molar-refractivity contribution < 1.29 is 9.53 Å². The van der Waals surface area contributed by atoms with Crippen LogP contribution in [0.2, 0.25) is 0 Å². The third kappa shape index (κ3) is 3.03. The van der Waals surface area contributed by atoms with Crippen molar-refractivity contribution >= 4 is 17.4 Å². The molecule has 2 aromatic rings. The van der Waals surface area contributed by atoms with Gasteiger partial charge in [-0.25, -0.2) is 4.79 Å². The molecule has 0 saturated heterocycles. The lowest BCUT2D eigenvalue weighted by atomic mass is 9.99. The summed E-state index contributed by atoms with van der Waals surface area (Å²) in [4.78, 5) is 14.1. The van der Waals surface area contributed by atoms with Gasteiger partial charge in [0.15, 0.2) is 0 Å². The van der Waals surface area contributed by atoms with Crippen LogP contribution in [-0.2, 0) is 19.5 Å². The normalized spacial score (nSPS) is 13.7. The average Bonchev–Trinajstić information content (AvgIpc) is 3.04. The van der Waals surface area contributed by atoms with E-state index in [1.54, 1.807) is 18.4 Å². The topological polar surface area (TPSA) is 41.6 Å². The predicted octanol–water partition coefficient (Wildman–Crippen LogP) is 3.02. The summed E-state index contributed by atoms with van der Waals surface area (Å²) in [5, 5.41) is 7.05. The Morgan fingerprint density at radius 1 is 1.43 bits per heavy atom. The molecule has 110 valence electrons. The van der Waals surface area contributed by atoms with Gasteiger partial charge in [-0.05, 0) is 40.4 Å². The van der Waals surface area contributed by atoms with Crippen molar-refractivity contribution in [3.63, 3.8) is 0 Å². The zero-order chi connectivity index (χ0) is 14.7. The first-order valence-electron chi connectivity index (χ1n) is 6.96. The van der Waals surface area contributed by atoms with Crippen molar-refractivity contribution in [3.8, 4) is 5.75 Å². The summed E-state index contributed by atoms with van der Waals surface area (Å²) < 4.78 is 5.39. The van der Waals surface area contributed by atoms with Crippen LogP contribution in [0.4, 0.5) is 4.79 Å². The van der Waals surface area contributed by atoms with Gasteiger partial charge >= 0.3 is 6.03 Å². The fraction of sp³-hybridized carbons (Fsp3) is 0.312. The smallest absolute Gasteiger partial charge is 0.317 e. The van der Waals surface area contributed by atoms with E-state index in [1.165, 1.54) is 11.1 Å². The van der Waals surface area contributed by atoms with E-state index in [-0.39, 0.29) is 6.03 Å². The molecule has 1 aromatic carbocycles. The Bertz CT molecular complexity index is 625. The summed E-state index contributed by atoms with van der Waals surface area (Å²) in [6.07, 6.45) is 0.839. The highest BCUT2D eigenvalue weighted by molar-refractivity contribution is 7.07. The van der Waals surface area contributed by atoms with Crippen LogP contribution in [0.3, 0.4) is 0 Å². The maximum absolute atomic E-state index is 12.2. The van der Waals surface area contributed by atoms with Gasteiger partial charge in [-0.1, -0.05) is 12.1 Å². The number of amides is 2. The van der Waals surface area contributed by atoms with Gasteiger partial charge in [-0.2, -0.15) is 11.3 Å². The summed E-state index contributed by atoms with van der Waals surface area (Å²) in [5.41, 5.74) is 3.54. The molecule has 21 heavy (non-hydrogen) atoms. The Morgan fingerprint density at radius 3 is 3.10 bits per heavy atom. The van der Waals surface area contributed by atoms with E-state index in [9.17, 15) is 4.79 Å². The van der Waals surface area contributed by atoms with Gasteiger partial charge in [0.1, 0.15) is 5.75 Å². The van der Waals surface area contributed by atoms with E-state index in [1.807, 2.05) is 28.5 Å². The molecule has 0 saturated carbocycles. The second kappa shape index (κ2) is 6.18. The van der Waals surface area contributed by atoms with E-state index in [0.717, 1.165) is 24.3 Å². The van der Waals surface area contributed by atoms with E-state index in [4.69, 9.17) is 4.74 Å². The first-order chi connectivity index (χ1) is 10.3. The van der Waals surface area contributed by atoms with Gasteiger partial charge in [0.05, 0.1) is 7.11 Å². The molecule has 4 nitrogen and oxygen atoms in total. The molecule has 2 heterocycles. The molecule has 0 atom stereocenters. The lowest BCUT2D eigenvalue weighted by molar-refractivity contribution is 0.191. The van der Waals surface area contributed by atoms with Crippen molar-refractivity contribution in [1.29, 1.82) is 0 Å². The zero-order valence-electron chi connectivity index (χ0n) is 12.0. The number of carbonyl (C=O) groups excluding carboxylic acids is 1. The zero-order valence-corrected chi connectivity index (χ0v) is 12.8. The molecule has 1 aromatic heterocycles. The highest BCUT2D eigenvalue weighted by Crippen LogP contribution is 2.27. The summed E-state index contributed by atoms with van der Waals surface area (Å²) in [7, 11) is 1.69. The van der Waals surface area contributed by atoms with Gasteiger partial charge in [-0.15, -0.1) is 0 Å². The SMILES string of the molecule is COc1cccc2c1CCN(C(=O)NCc1ccsc1)C2. The first kappa shape index (κ1) is 13.9. The molecule has 5 heteroatoms. The number of carbonyl (C=O) groups is 1. The molecule has 0 aliphatic carbocycles. The molecule has 0 unspecified atom stereocenters. The number of ether oxygens (including phenoxy) is 1. The van der Waals surface area contributed by atoms with Gasteiger partial charge in [-0.3, -0.25) is 0 Å². The van der Waals surface area contributed by atoms with Crippen LogP contribution in [0.5, 0.6) is 5.75 Å². The number of hydrogen-bond donors (Lipinski definition) is 1. The fourth-order valence-electron chi connectivity index (χ4n) is 2.62. The van der Waals surface area contributed by atoms with Gasteiger partial charge in [0.2, 0.25) is 0 Å². The van der Waals surface area contributed by atoms with Crippen LogP contribution in [-0.4, -0.2) is 24.6 Å². The summed E-state index contributed by atoms with van der Waals surface area (Å²) in [5.74, 6) is 0.922. The maximum Gasteiger partial charge on any atom is 0.317 e. The largest absolute Gasteiger partial charge is 0.496 e. The monoisotopic (exact) mass is 302 g/mol. The number of thiophene rings is 1. The Labute approximate surface area is 128 Å². The van der Waals surface area contributed by atoms with E-state index in [2.05, 4.69) is 16.8 Å². The minimum absolute atomic E-state index is 0.00494. The molecule has 0 radical (unpaired) electrons. The summed E-state index contributed by atoms with van der Waals surface area (Å²) in [6, 6.07) is 8.04. The molecule has 1 aliphatic heterocycles. The average molecular weight is 302 g/mol. The first-order valence-corrected chi connectivity index (χ1v) is 7.91. The summed E-state index contributed by atoms with van der Waals surface area (Å²) in [6.45, 7) is 1.95. The van der Waals surface area contributed by atoms with E-state index in [0.29, 0.717) is 13.1 Å². The third-order valence-electron chi connectivity index (χ3n) is 3.75. The number of nitrogens with zero attached hydrogens (tertiary/aromatic N) is 1. The van der Waals surface area contributed by atoms with Gasteiger partial charge in [0.25, 0.3) is 0 Å². The Balaban J connectivity index is 1.64. The number of benzene rings is 1. The minimum Gasteiger partial charge on any atom is -0.496 e. The van der Waals surface area contributed by atoms with E-state index >= 15 is 0 Å². The van der Waals surface area contributed by atoms with Crippen molar-refractivity contribution in [1.82, 2.24) is 10.2 Å². The number of nitrogens with one attached hydrogen (secondary N) is 1. The highest BCUT2D eigenvalue weighted by atomic mass is 32.1. The predicted molar refractivity (Wildman–Crippen MR) is 83.7 cm³/mol. The molecule has 1 aliphatic rings. The van der Waals surface area contributed by atoms with Crippen LogP contribution >= 0.6 is 11.3 Å². The number of urea groups is 1. The lowest BCUT2D eigenvalue weighted by Gasteiger charge is -2.29. The quantitative estimate of drug-likeness (QED) is 0.947. The van der Waals surface area contributed by atoms with Crippen LogP contribution in [0.1, 0.15) is 16.7 Å². The molecule has 0 bridgehead atoms. The van der Waals surface area contributed by atoms with Crippen LogP contribution in [0, 0.1) is 0 Å². The Kier molecular flexibility index (Phi) is 4.10. The Morgan fingerprint density at radius 2 is 2.33 bits per heavy atom. The maximum atomic E-state index is 12.2. The Hall–Kier alpha value is -2.01. The molecule has 0 fully saturated rings. The second-order valence-corrected chi connectivity index (χ2v) is 5.84. The molecular formula is C16H18N2O2S. The van der Waals surface area contributed by atoms with E-state index < -0.39 is 0 Å². The highest BCUT2D eigenvalue weighted by Gasteiger charge is 2.22. The summed E-state index contributed by atoms with van der Waals surface area (Å²) >= 11 is 1.64. The molecule has 0 spiro atoms. The molecule has 1 N–H and O–H groups in total. The van der Waals surface area contributed by atoms with Gasteiger partial charge in [0, 0.05) is 25.2 Å². The number of rotatable bonds is 3. The molecular weight excluding hydrogens is 284 g/mol. The number of fused-ring (bicyclic) bond motifs is 1. The lowest BCUT2D eigenvalue weighted by Crippen LogP contribution is -2.42. The van der Waals surface area contributed by atoms with Crippen LogP contribution in [0.25, 0.3) is 0 Å². The third-order valence-corrected chi connectivity index (χ3v) is 4.49. The van der Waals surface area contributed by atoms with Crippen LogP contribution in [0.15, 0.2) is 35.0 Å². The molecule has 3 rings (SSSR count). The van der Waals surface area contributed by atoms with Crippen molar-refractivity contribution in [3.05, 3.63) is 51.7 Å². The number of methoxy groups -OCH3 is 1. The molecule has 2 amide bonds. The van der Waals surface area contributed by atoms with Crippen molar-refractivity contribution in [2.45, 2.75) is 19.5 Å². The van der Waals surface area contributed by atoms with Crippen LogP contribution < -0.4 is 10.1 Å². The second-order valence-electron chi connectivity index (χ2n) is 5.06.